The molecule has 3 atom stereocenters. The van der Waals surface area contributed by atoms with E-state index in [1.54, 1.807) is 0 Å². The number of nitrogens with two attached hydrogens (primary N) is 1. The summed E-state index contributed by atoms with van der Waals surface area (Å²) in [4.78, 5) is 11.7. The Balaban J connectivity index is 2.15. The zero-order valence-corrected chi connectivity index (χ0v) is 10.5. The summed E-state index contributed by atoms with van der Waals surface area (Å²) in [6.07, 6.45) is 3.95. The number of carbonyl (C=O) groups excluding carboxylic acids is 1. The lowest BCUT2D eigenvalue weighted by molar-refractivity contribution is -0.122. The summed E-state index contributed by atoms with van der Waals surface area (Å²) < 4.78 is 0. The number of likely N-dealkylation sites (N-methyl/N-ethyl adjacent to an activating group) is 1. The van der Waals surface area contributed by atoms with Gasteiger partial charge in [0, 0.05) is 25.0 Å². The second kappa shape index (κ2) is 6.86. The van der Waals surface area contributed by atoms with Crippen molar-refractivity contribution in [3.05, 3.63) is 0 Å². The third kappa shape index (κ3) is 4.49. The Kier molecular flexibility index (Phi) is 5.77. The minimum atomic E-state index is 0.145. The first-order chi connectivity index (χ1) is 7.63. The fraction of sp³-hybridized carbons (Fsp3) is 0.917. The molecule has 0 aromatic rings. The number of hydrogen-bond acceptors (Lipinski definition) is 3. The number of rotatable bonds is 6. The Hall–Kier alpha value is -0.610. The van der Waals surface area contributed by atoms with Gasteiger partial charge in [0.2, 0.25) is 5.91 Å². The predicted octanol–water partition coefficient (Wildman–Crippen LogP) is 0.618. The Morgan fingerprint density at radius 3 is 2.81 bits per heavy atom. The summed E-state index contributed by atoms with van der Waals surface area (Å²) in [6.45, 7) is 5.78. The highest BCUT2D eigenvalue weighted by Crippen LogP contribution is 2.26. The van der Waals surface area contributed by atoms with Crippen molar-refractivity contribution in [1.29, 1.82) is 0 Å². The first kappa shape index (κ1) is 13.5. The van der Waals surface area contributed by atoms with Crippen molar-refractivity contribution in [2.24, 2.45) is 11.7 Å². The van der Waals surface area contributed by atoms with Crippen LogP contribution in [0.2, 0.25) is 0 Å². The minimum absolute atomic E-state index is 0.145. The van der Waals surface area contributed by atoms with Crippen molar-refractivity contribution in [3.63, 3.8) is 0 Å². The Morgan fingerprint density at radius 2 is 2.25 bits per heavy atom. The molecule has 0 unspecified atom stereocenters. The van der Waals surface area contributed by atoms with Crippen LogP contribution in [0.3, 0.4) is 0 Å². The van der Waals surface area contributed by atoms with Crippen LogP contribution in [-0.4, -0.2) is 31.1 Å². The molecule has 0 aliphatic heterocycles. The van der Waals surface area contributed by atoms with Gasteiger partial charge in [-0.25, -0.2) is 0 Å². The molecule has 1 aliphatic carbocycles. The third-order valence-corrected chi connectivity index (χ3v) is 3.32. The average Bonchev–Trinajstić information content (AvgIpc) is 2.62. The fourth-order valence-electron chi connectivity index (χ4n) is 2.32. The van der Waals surface area contributed by atoms with E-state index in [2.05, 4.69) is 24.5 Å². The van der Waals surface area contributed by atoms with Gasteiger partial charge in [0.25, 0.3) is 0 Å². The van der Waals surface area contributed by atoms with Crippen LogP contribution in [0.25, 0.3) is 0 Å². The summed E-state index contributed by atoms with van der Waals surface area (Å²) in [5.74, 6) is 0.543. The molecule has 0 radical (unpaired) electrons. The van der Waals surface area contributed by atoms with E-state index in [9.17, 15) is 4.79 Å². The third-order valence-electron chi connectivity index (χ3n) is 3.32. The van der Waals surface area contributed by atoms with Crippen LogP contribution in [0.1, 0.15) is 39.5 Å². The van der Waals surface area contributed by atoms with Crippen molar-refractivity contribution in [2.45, 2.75) is 51.6 Å². The summed E-state index contributed by atoms with van der Waals surface area (Å²) in [6, 6.07) is 0.572. The van der Waals surface area contributed by atoms with Crippen LogP contribution in [0.4, 0.5) is 0 Å². The molecule has 1 rings (SSSR count). The van der Waals surface area contributed by atoms with E-state index in [-0.39, 0.29) is 11.9 Å². The highest BCUT2D eigenvalue weighted by Gasteiger charge is 2.25. The average molecular weight is 227 g/mol. The lowest BCUT2D eigenvalue weighted by Gasteiger charge is -2.17. The summed E-state index contributed by atoms with van der Waals surface area (Å²) in [5.41, 5.74) is 5.94. The molecule has 0 heterocycles. The molecule has 1 fully saturated rings. The molecule has 4 N–H and O–H groups in total. The van der Waals surface area contributed by atoms with Crippen LogP contribution in [0.5, 0.6) is 0 Å². The van der Waals surface area contributed by atoms with E-state index in [4.69, 9.17) is 5.73 Å². The standard InChI is InChI=1S/C12H25N3O/c1-3-14-9(2)8-15-12(16)7-10-5-4-6-11(10)13/h9-11,14H,3-8,13H2,1-2H3,(H,15,16)/t9-,10+,11-/m1/s1. The number of nitrogens with one attached hydrogen (secondary N) is 2. The molecule has 0 spiro atoms. The zero-order chi connectivity index (χ0) is 12.0. The molecule has 94 valence electrons. The monoisotopic (exact) mass is 227 g/mol. The van der Waals surface area contributed by atoms with Crippen molar-refractivity contribution >= 4 is 5.91 Å². The van der Waals surface area contributed by atoms with Gasteiger partial charge in [0.05, 0.1) is 0 Å². The van der Waals surface area contributed by atoms with Crippen molar-refractivity contribution in [1.82, 2.24) is 10.6 Å². The number of hydrogen-bond donors (Lipinski definition) is 3. The van der Waals surface area contributed by atoms with Crippen LogP contribution in [0, 0.1) is 5.92 Å². The summed E-state index contributed by atoms with van der Waals surface area (Å²) in [5, 5.41) is 6.22. The van der Waals surface area contributed by atoms with E-state index in [1.807, 2.05) is 0 Å². The first-order valence-electron chi connectivity index (χ1n) is 6.39. The first-order valence-corrected chi connectivity index (χ1v) is 6.39. The molecule has 1 amide bonds. The maximum Gasteiger partial charge on any atom is 0.220 e. The van der Waals surface area contributed by atoms with E-state index >= 15 is 0 Å². The lowest BCUT2D eigenvalue weighted by Crippen LogP contribution is -2.40. The second-order valence-electron chi connectivity index (χ2n) is 4.82. The number of amides is 1. The van der Waals surface area contributed by atoms with Gasteiger partial charge in [-0.2, -0.15) is 0 Å². The van der Waals surface area contributed by atoms with Gasteiger partial charge in [-0.1, -0.05) is 13.3 Å². The van der Waals surface area contributed by atoms with E-state index in [0.717, 1.165) is 19.4 Å². The topological polar surface area (TPSA) is 67.1 Å². The Bertz CT molecular complexity index is 220. The quantitative estimate of drug-likeness (QED) is 0.623. The highest BCUT2D eigenvalue weighted by atomic mass is 16.1. The van der Waals surface area contributed by atoms with E-state index in [1.165, 1.54) is 6.42 Å². The molecule has 0 aromatic carbocycles. The number of carbonyl (C=O) groups is 1. The maximum absolute atomic E-state index is 11.7. The van der Waals surface area contributed by atoms with Crippen molar-refractivity contribution < 1.29 is 4.79 Å². The van der Waals surface area contributed by atoms with E-state index < -0.39 is 0 Å². The summed E-state index contributed by atoms with van der Waals surface area (Å²) in [7, 11) is 0. The van der Waals surface area contributed by atoms with E-state index in [0.29, 0.717) is 24.9 Å². The van der Waals surface area contributed by atoms with Gasteiger partial charge in [0.1, 0.15) is 0 Å². The molecule has 0 aromatic heterocycles. The smallest absolute Gasteiger partial charge is 0.220 e. The molecule has 16 heavy (non-hydrogen) atoms. The van der Waals surface area contributed by atoms with Gasteiger partial charge in [-0.05, 0) is 32.2 Å². The van der Waals surface area contributed by atoms with Gasteiger partial charge in [-0.3, -0.25) is 4.79 Å². The predicted molar refractivity (Wildman–Crippen MR) is 66.1 cm³/mol. The van der Waals surface area contributed by atoms with Crippen LogP contribution >= 0.6 is 0 Å². The molecule has 1 aliphatic rings. The van der Waals surface area contributed by atoms with Gasteiger partial charge < -0.3 is 16.4 Å². The fourth-order valence-corrected chi connectivity index (χ4v) is 2.32. The minimum Gasteiger partial charge on any atom is -0.355 e. The lowest BCUT2D eigenvalue weighted by atomic mass is 10.00. The van der Waals surface area contributed by atoms with Crippen LogP contribution in [0.15, 0.2) is 0 Å². The highest BCUT2D eigenvalue weighted by molar-refractivity contribution is 5.76. The Labute approximate surface area is 98.3 Å². The van der Waals surface area contributed by atoms with Gasteiger partial charge in [-0.15, -0.1) is 0 Å². The largest absolute Gasteiger partial charge is 0.355 e. The molecular weight excluding hydrogens is 202 g/mol. The van der Waals surface area contributed by atoms with Crippen molar-refractivity contribution in [3.8, 4) is 0 Å². The van der Waals surface area contributed by atoms with Gasteiger partial charge in [0.15, 0.2) is 0 Å². The molecular formula is C12H25N3O. The molecule has 0 saturated heterocycles. The molecule has 1 saturated carbocycles. The zero-order valence-electron chi connectivity index (χ0n) is 10.5. The molecule has 4 heteroatoms. The Morgan fingerprint density at radius 1 is 1.50 bits per heavy atom. The van der Waals surface area contributed by atoms with Gasteiger partial charge >= 0.3 is 0 Å². The molecule has 4 nitrogen and oxygen atoms in total. The second-order valence-corrected chi connectivity index (χ2v) is 4.82. The normalized spacial score (nSPS) is 26.7. The summed E-state index contributed by atoms with van der Waals surface area (Å²) >= 11 is 0. The van der Waals surface area contributed by atoms with Crippen LogP contribution < -0.4 is 16.4 Å². The van der Waals surface area contributed by atoms with Crippen LogP contribution in [-0.2, 0) is 4.79 Å². The molecule has 0 bridgehead atoms. The SMILES string of the molecule is CCN[C@H](C)CNC(=O)C[C@@H]1CCC[C@H]1N. The van der Waals surface area contributed by atoms with Crippen molar-refractivity contribution in [2.75, 3.05) is 13.1 Å². The maximum atomic E-state index is 11.7.